The molecule has 2 rings (SSSR count). The van der Waals surface area contributed by atoms with E-state index in [1.807, 2.05) is 0 Å². The molecule has 0 aromatic carbocycles. The molecule has 2 nitrogen and oxygen atoms in total. The highest BCUT2D eigenvalue weighted by atomic mass is 15.2. The van der Waals surface area contributed by atoms with Crippen molar-refractivity contribution < 1.29 is 0 Å². The first-order chi connectivity index (χ1) is 9.51. The van der Waals surface area contributed by atoms with Gasteiger partial charge in [-0.2, -0.15) is 0 Å². The maximum atomic E-state index is 6.33. The molecule has 4 unspecified atom stereocenters. The van der Waals surface area contributed by atoms with Crippen molar-refractivity contribution in [3.63, 3.8) is 0 Å². The van der Waals surface area contributed by atoms with Crippen LogP contribution < -0.4 is 5.73 Å². The summed E-state index contributed by atoms with van der Waals surface area (Å²) in [5, 5.41) is 0. The van der Waals surface area contributed by atoms with Crippen LogP contribution >= 0.6 is 0 Å². The van der Waals surface area contributed by atoms with Crippen LogP contribution in [-0.4, -0.2) is 30.1 Å². The predicted octanol–water partition coefficient (Wildman–Crippen LogP) is 3.90. The lowest BCUT2D eigenvalue weighted by Gasteiger charge is -2.52. The average Bonchev–Trinajstić information content (AvgIpc) is 2.68. The van der Waals surface area contributed by atoms with Crippen LogP contribution in [-0.2, 0) is 0 Å². The van der Waals surface area contributed by atoms with Crippen LogP contribution in [0.2, 0.25) is 0 Å². The van der Waals surface area contributed by atoms with Gasteiger partial charge in [-0.3, -0.25) is 4.90 Å². The first kappa shape index (κ1) is 16.3. The second kappa shape index (κ2) is 6.79. The molecule has 1 aliphatic carbocycles. The van der Waals surface area contributed by atoms with Gasteiger partial charge in [0.05, 0.1) is 0 Å². The summed E-state index contributed by atoms with van der Waals surface area (Å²) in [6, 6.07) is 0. The van der Waals surface area contributed by atoms with Crippen LogP contribution in [0.1, 0.15) is 66.2 Å². The molecule has 2 N–H and O–H groups in total. The minimum Gasteiger partial charge on any atom is -0.329 e. The van der Waals surface area contributed by atoms with Crippen LogP contribution in [0.5, 0.6) is 0 Å². The lowest BCUT2D eigenvalue weighted by molar-refractivity contribution is -0.00966. The summed E-state index contributed by atoms with van der Waals surface area (Å²) in [5.41, 5.74) is 6.62. The molecule has 1 heterocycles. The standard InChI is InChI=1S/C18H36N2/c1-14(2)17-8-6-11-20(12-9-17)18(13-19)10-5-7-15(3)16(18)4/h14-17H,5-13,19H2,1-4H3. The van der Waals surface area contributed by atoms with Gasteiger partial charge in [-0.05, 0) is 62.4 Å². The van der Waals surface area contributed by atoms with E-state index < -0.39 is 0 Å². The molecule has 4 atom stereocenters. The molecule has 0 aromatic rings. The van der Waals surface area contributed by atoms with E-state index >= 15 is 0 Å². The lowest BCUT2D eigenvalue weighted by Crippen LogP contribution is -2.61. The topological polar surface area (TPSA) is 29.3 Å². The molecular weight excluding hydrogens is 244 g/mol. The molecule has 0 bridgehead atoms. The molecule has 1 aliphatic heterocycles. The Balaban J connectivity index is 2.11. The van der Waals surface area contributed by atoms with E-state index in [-0.39, 0.29) is 0 Å². The van der Waals surface area contributed by atoms with Crippen molar-refractivity contribution in [3.05, 3.63) is 0 Å². The first-order valence-corrected chi connectivity index (χ1v) is 8.96. The summed E-state index contributed by atoms with van der Waals surface area (Å²) in [5.74, 6) is 3.34. The largest absolute Gasteiger partial charge is 0.329 e. The van der Waals surface area contributed by atoms with E-state index in [0.717, 1.165) is 30.2 Å². The molecule has 1 saturated carbocycles. The number of nitrogens with zero attached hydrogens (tertiary/aromatic N) is 1. The Kier molecular flexibility index (Phi) is 5.53. The van der Waals surface area contributed by atoms with Gasteiger partial charge in [0, 0.05) is 12.1 Å². The fourth-order valence-electron chi connectivity index (χ4n) is 4.83. The number of hydrogen-bond donors (Lipinski definition) is 1. The van der Waals surface area contributed by atoms with Crippen LogP contribution in [0.25, 0.3) is 0 Å². The molecule has 20 heavy (non-hydrogen) atoms. The van der Waals surface area contributed by atoms with E-state index in [4.69, 9.17) is 5.73 Å². The molecule has 0 amide bonds. The zero-order valence-electron chi connectivity index (χ0n) is 14.2. The molecule has 0 aromatic heterocycles. The lowest BCUT2D eigenvalue weighted by atomic mass is 9.67. The number of likely N-dealkylation sites (tertiary alicyclic amines) is 1. The third kappa shape index (κ3) is 3.06. The SMILES string of the molecule is CC(C)C1CCCN(C2(CN)CCCC(C)C2C)CC1. The van der Waals surface area contributed by atoms with Crippen LogP contribution in [0.3, 0.4) is 0 Å². The molecule has 118 valence electrons. The Hall–Kier alpha value is -0.0800. The summed E-state index contributed by atoms with van der Waals surface area (Å²) in [6.45, 7) is 13.1. The minimum atomic E-state index is 0.295. The third-order valence-corrected chi connectivity index (χ3v) is 6.67. The highest BCUT2D eigenvalue weighted by molar-refractivity contribution is 5.01. The summed E-state index contributed by atoms with van der Waals surface area (Å²) < 4.78 is 0. The van der Waals surface area contributed by atoms with Gasteiger partial charge in [-0.1, -0.05) is 40.5 Å². The van der Waals surface area contributed by atoms with E-state index in [1.165, 1.54) is 51.6 Å². The molecule has 2 fully saturated rings. The fourth-order valence-corrected chi connectivity index (χ4v) is 4.83. The third-order valence-electron chi connectivity index (χ3n) is 6.67. The van der Waals surface area contributed by atoms with Gasteiger partial charge < -0.3 is 5.73 Å². The summed E-state index contributed by atoms with van der Waals surface area (Å²) >= 11 is 0. The summed E-state index contributed by atoms with van der Waals surface area (Å²) in [7, 11) is 0. The maximum Gasteiger partial charge on any atom is 0.0359 e. The van der Waals surface area contributed by atoms with Crippen molar-refractivity contribution in [3.8, 4) is 0 Å². The number of nitrogens with two attached hydrogens (primary N) is 1. The van der Waals surface area contributed by atoms with E-state index in [0.29, 0.717) is 5.54 Å². The Morgan fingerprint density at radius 1 is 1.10 bits per heavy atom. The smallest absolute Gasteiger partial charge is 0.0359 e. The van der Waals surface area contributed by atoms with E-state index in [1.54, 1.807) is 0 Å². The Labute approximate surface area is 126 Å². The van der Waals surface area contributed by atoms with Crippen molar-refractivity contribution in [1.29, 1.82) is 0 Å². The quantitative estimate of drug-likeness (QED) is 0.849. The fraction of sp³-hybridized carbons (Fsp3) is 1.00. The predicted molar refractivity (Wildman–Crippen MR) is 87.7 cm³/mol. The molecular formula is C18H36N2. The summed E-state index contributed by atoms with van der Waals surface area (Å²) in [4.78, 5) is 2.80. The zero-order chi connectivity index (χ0) is 14.8. The molecule has 2 heteroatoms. The molecule has 1 saturated heterocycles. The first-order valence-electron chi connectivity index (χ1n) is 8.96. The van der Waals surface area contributed by atoms with Crippen molar-refractivity contribution in [1.82, 2.24) is 4.90 Å². The van der Waals surface area contributed by atoms with Gasteiger partial charge in [0.25, 0.3) is 0 Å². The molecule has 2 aliphatic rings. The van der Waals surface area contributed by atoms with Gasteiger partial charge in [0.1, 0.15) is 0 Å². The zero-order valence-corrected chi connectivity index (χ0v) is 14.2. The van der Waals surface area contributed by atoms with Crippen molar-refractivity contribution >= 4 is 0 Å². The van der Waals surface area contributed by atoms with Crippen molar-refractivity contribution in [2.24, 2.45) is 29.4 Å². The van der Waals surface area contributed by atoms with Crippen LogP contribution in [0, 0.1) is 23.7 Å². The maximum absolute atomic E-state index is 6.33. The van der Waals surface area contributed by atoms with Crippen LogP contribution in [0.15, 0.2) is 0 Å². The molecule has 0 radical (unpaired) electrons. The second-order valence-electron chi connectivity index (χ2n) is 7.89. The average molecular weight is 281 g/mol. The highest BCUT2D eigenvalue weighted by Gasteiger charge is 2.45. The van der Waals surface area contributed by atoms with Crippen molar-refractivity contribution in [2.75, 3.05) is 19.6 Å². The van der Waals surface area contributed by atoms with Crippen molar-refractivity contribution in [2.45, 2.75) is 71.8 Å². The Bertz CT molecular complexity index is 302. The number of rotatable bonds is 3. The van der Waals surface area contributed by atoms with Gasteiger partial charge in [-0.25, -0.2) is 0 Å². The van der Waals surface area contributed by atoms with Gasteiger partial charge in [0.15, 0.2) is 0 Å². The number of hydrogen-bond acceptors (Lipinski definition) is 2. The monoisotopic (exact) mass is 280 g/mol. The van der Waals surface area contributed by atoms with E-state index in [9.17, 15) is 0 Å². The van der Waals surface area contributed by atoms with Gasteiger partial charge >= 0.3 is 0 Å². The van der Waals surface area contributed by atoms with Gasteiger partial charge in [-0.15, -0.1) is 0 Å². The normalized spacial score (nSPS) is 40.8. The Morgan fingerprint density at radius 3 is 2.50 bits per heavy atom. The highest BCUT2D eigenvalue weighted by Crippen LogP contribution is 2.42. The Morgan fingerprint density at radius 2 is 1.85 bits per heavy atom. The van der Waals surface area contributed by atoms with Gasteiger partial charge in [0.2, 0.25) is 0 Å². The summed E-state index contributed by atoms with van der Waals surface area (Å²) in [6.07, 6.45) is 8.24. The van der Waals surface area contributed by atoms with E-state index in [2.05, 4.69) is 32.6 Å². The molecule has 0 spiro atoms. The second-order valence-corrected chi connectivity index (χ2v) is 7.89. The minimum absolute atomic E-state index is 0.295. The van der Waals surface area contributed by atoms with Crippen LogP contribution in [0.4, 0.5) is 0 Å².